The molecule has 2 rings (SSSR count). The van der Waals surface area contributed by atoms with Crippen LogP contribution < -0.4 is 10.5 Å². The first-order valence-corrected chi connectivity index (χ1v) is 5.62. The second kappa shape index (κ2) is 5.24. The molecule has 2 aromatic carbocycles. The Balaban J connectivity index is 2.56. The predicted octanol–water partition coefficient (Wildman–Crippen LogP) is 3.35. The number of carbonyl (C=O) groups excluding carboxylic acids is 1. The highest BCUT2D eigenvalue weighted by molar-refractivity contribution is 6.00. The van der Waals surface area contributed by atoms with Gasteiger partial charge in [0.1, 0.15) is 5.75 Å². The van der Waals surface area contributed by atoms with E-state index in [1.165, 1.54) is 30.3 Å². The van der Waals surface area contributed by atoms with Crippen LogP contribution in [0.5, 0.6) is 5.75 Å². The highest BCUT2D eigenvalue weighted by Gasteiger charge is 2.32. The largest absolute Gasteiger partial charge is 0.573 e. The van der Waals surface area contributed by atoms with Gasteiger partial charge in [-0.2, -0.15) is 0 Å². The van der Waals surface area contributed by atoms with E-state index in [4.69, 9.17) is 5.73 Å². The molecule has 0 atom stereocenters. The van der Waals surface area contributed by atoms with Gasteiger partial charge in [-0.05, 0) is 17.7 Å². The average Bonchev–Trinajstić information content (AvgIpc) is 2.37. The highest BCUT2D eigenvalue weighted by atomic mass is 19.4. The van der Waals surface area contributed by atoms with E-state index in [1.807, 2.05) is 0 Å². The Labute approximate surface area is 112 Å². The van der Waals surface area contributed by atoms with Crippen molar-refractivity contribution in [1.82, 2.24) is 0 Å². The molecule has 0 heterocycles. The maximum atomic E-state index is 12.4. The monoisotopic (exact) mass is 281 g/mol. The van der Waals surface area contributed by atoms with Gasteiger partial charge in [-0.15, -0.1) is 13.2 Å². The number of primary amides is 1. The van der Waals surface area contributed by atoms with Gasteiger partial charge in [-0.1, -0.05) is 36.4 Å². The Morgan fingerprint density at radius 3 is 2.10 bits per heavy atom. The number of carbonyl (C=O) groups is 1. The molecular weight excluding hydrogens is 271 g/mol. The molecule has 0 spiro atoms. The Hall–Kier alpha value is -2.50. The minimum atomic E-state index is -4.81. The van der Waals surface area contributed by atoms with Gasteiger partial charge in [-0.3, -0.25) is 4.79 Å². The SMILES string of the molecule is NC(=O)c1ccccc1-c1ccccc1OC(F)(F)F. The lowest BCUT2D eigenvalue weighted by atomic mass is 9.98. The van der Waals surface area contributed by atoms with E-state index < -0.39 is 12.3 Å². The molecule has 6 heteroatoms. The molecule has 2 aromatic rings. The van der Waals surface area contributed by atoms with Crippen molar-refractivity contribution in [2.75, 3.05) is 0 Å². The summed E-state index contributed by atoms with van der Waals surface area (Å²) in [5.41, 5.74) is 5.80. The van der Waals surface area contributed by atoms with Crippen molar-refractivity contribution in [2.24, 2.45) is 5.73 Å². The van der Waals surface area contributed by atoms with Crippen molar-refractivity contribution in [1.29, 1.82) is 0 Å². The summed E-state index contributed by atoms with van der Waals surface area (Å²) in [7, 11) is 0. The number of ether oxygens (including phenoxy) is 1. The van der Waals surface area contributed by atoms with Gasteiger partial charge in [0.15, 0.2) is 0 Å². The fourth-order valence-corrected chi connectivity index (χ4v) is 1.84. The van der Waals surface area contributed by atoms with Crippen LogP contribution in [-0.4, -0.2) is 12.3 Å². The van der Waals surface area contributed by atoms with E-state index in [0.717, 1.165) is 0 Å². The van der Waals surface area contributed by atoms with E-state index in [0.29, 0.717) is 5.56 Å². The maximum absolute atomic E-state index is 12.4. The lowest BCUT2D eigenvalue weighted by molar-refractivity contribution is -0.274. The standard InChI is InChI=1S/C14H10F3NO2/c15-14(16,17)20-12-8-4-3-6-10(12)9-5-1-2-7-11(9)13(18)19/h1-8H,(H2,18,19). The van der Waals surface area contributed by atoms with Crippen LogP contribution in [0.3, 0.4) is 0 Å². The highest BCUT2D eigenvalue weighted by Crippen LogP contribution is 2.35. The summed E-state index contributed by atoms with van der Waals surface area (Å²) in [6.45, 7) is 0. The zero-order valence-electron chi connectivity index (χ0n) is 10.1. The van der Waals surface area contributed by atoms with Crippen molar-refractivity contribution >= 4 is 5.91 Å². The van der Waals surface area contributed by atoms with Crippen LogP contribution in [0.2, 0.25) is 0 Å². The van der Waals surface area contributed by atoms with E-state index in [-0.39, 0.29) is 16.9 Å². The van der Waals surface area contributed by atoms with Gasteiger partial charge >= 0.3 is 6.36 Å². The third-order valence-electron chi connectivity index (χ3n) is 2.60. The Kier molecular flexibility index (Phi) is 3.65. The zero-order valence-corrected chi connectivity index (χ0v) is 10.1. The number of amides is 1. The first kappa shape index (κ1) is 13.9. The van der Waals surface area contributed by atoms with Gasteiger partial charge in [0.2, 0.25) is 5.91 Å². The van der Waals surface area contributed by atoms with Crippen LogP contribution in [-0.2, 0) is 0 Å². The topological polar surface area (TPSA) is 52.3 Å². The Morgan fingerprint density at radius 1 is 0.950 bits per heavy atom. The number of hydrogen-bond donors (Lipinski definition) is 1. The molecule has 0 aliphatic heterocycles. The second-order valence-electron chi connectivity index (χ2n) is 3.95. The lowest BCUT2D eigenvalue weighted by Gasteiger charge is -2.14. The number of benzene rings is 2. The van der Waals surface area contributed by atoms with Gasteiger partial charge in [0.05, 0.1) is 0 Å². The van der Waals surface area contributed by atoms with Crippen LogP contribution >= 0.6 is 0 Å². The van der Waals surface area contributed by atoms with Crippen LogP contribution in [0.1, 0.15) is 10.4 Å². The van der Waals surface area contributed by atoms with E-state index in [2.05, 4.69) is 4.74 Å². The predicted molar refractivity (Wildman–Crippen MR) is 67.1 cm³/mol. The number of hydrogen-bond acceptors (Lipinski definition) is 2. The Morgan fingerprint density at radius 2 is 1.50 bits per heavy atom. The summed E-state index contributed by atoms with van der Waals surface area (Å²) in [5, 5.41) is 0. The number of rotatable bonds is 3. The first-order valence-electron chi connectivity index (χ1n) is 5.62. The first-order chi connectivity index (χ1) is 9.38. The second-order valence-corrected chi connectivity index (χ2v) is 3.95. The molecule has 0 fully saturated rings. The quantitative estimate of drug-likeness (QED) is 0.938. The van der Waals surface area contributed by atoms with E-state index in [9.17, 15) is 18.0 Å². The minimum absolute atomic E-state index is 0.130. The molecule has 0 aliphatic rings. The van der Waals surface area contributed by atoms with Crippen molar-refractivity contribution < 1.29 is 22.7 Å². The molecule has 0 aromatic heterocycles. The van der Waals surface area contributed by atoms with Crippen molar-refractivity contribution in [2.45, 2.75) is 6.36 Å². The molecule has 0 saturated carbocycles. The lowest BCUT2D eigenvalue weighted by Crippen LogP contribution is -2.18. The molecule has 0 saturated heterocycles. The molecule has 3 nitrogen and oxygen atoms in total. The van der Waals surface area contributed by atoms with E-state index >= 15 is 0 Å². The van der Waals surface area contributed by atoms with Crippen LogP contribution in [0.25, 0.3) is 11.1 Å². The van der Waals surface area contributed by atoms with Gasteiger partial charge in [0.25, 0.3) is 0 Å². The molecule has 20 heavy (non-hydrogen) atoms. The summed E-state index contributed by atoms with van der Waals surface area (Å²) >= 11 is 0. The van der Waals surface area contributed by atoms with Crippen LogP contribution in [0, 0.1) is 0 Å². The molecule has 104 valence electrons. The third kappa shape index (κ3) is 3.09. The number of halogens is 3. The van der Waals surface area contributed by atoms with Crippen molar-refractivity contribution in [3.8, 4) is 16.9 Å². The maximum Gasteiger partial charge on any atom is 0.573 e. The summed E-state index contributed by atoms with van der Waals surface area (Å²) in [6.07, 6.45) is -4.81. The van der Waals surface area contributed by atoms with Gasteiger partial charge < -0.3 is 10.5 Å². The zero-order chi connectivity index (χ0) is 14.8. The van der Waals surface area contributed by atoms with Gasteiger partial charge in [-0.25, -0.2) is 0 Å². The minimum Gasteiger partial charge on any atom is -0.405 e. The number of para-hydroxylation sites is 1. The molecule has 1 amide bonds. The summed E-state index contributed by atoms with van der Waals surface area (Å²) in [4.78, 5) is 11.4. The van der Waals surface area contributed by atoms with Crippen molar-refractivity contribution in [3.05, 3.63) is 54.1 Å². The molecule has 0 bridgehead atoms. The van der Waals surface area contributed by atoms with Gasteiger partial charge in [0, 0.05) is 11.1 Å². The summed E-state index contributed by atoms with van der Waals surface area (Å²) < 4.78 is 41.1. The molecule has 0 unspecified atom stereocenters. The third-order valence-corrected chi connectivity index (χ3v) is 2.60. The summed E-state index contributed by atoms with van der Waals surface area (Å²) in [6, 6.07) is 11.7. The van der Waals surface area contributed by atoms with Crippen molar-refractivity contribution in [3.63, 3.8) is 0 Å². The van der Waals surface area contributed by atoms with Crippen LogP contribution in [0.4, 0.5) is 13.2 Å². The fraction of sp³-hybridized carbons (Fsp3) is 0.0714. The molecule has 0 aliphatic carbocycles. The molecule has 0 radical (unpaired) electrons. The molecular formula is C14H10F3NO2. The number of alkyl halides is 3. The summed E-state index contributed by atoms with van der Waals surface area (Å²) in [5.74, 6) is -1.10. The Bertz CT molecular complexity index is 638. The molecule has 2 N–H and O–H groups in total. The van der Waals surface area contributed by atoms with E-state index in [1.54, 1.807) is 18.2 Å². The number of nitrogens with two attached hydrogens (primary N) is 1. The smallest absolute Gasteiger partial charge is 0.405 e. The fourth-order valence-electron chi connectivity index (χ4n) is 1.84. The average molecular weight is 281 g/mol. The van der Waals surface area contributed by atoms with Crippen LogP contribution in [0.15, 0.2) is 48.5 Å². The normalized spacial score (nSPS) is 11.2.